The maximum absolute atomic E-state index is 11.4. The summed E-state index contributed by atoms with van der Waals surface area (Å²) in [5, 5.41) is 0. The summed E-state index contributed by atoms with van der Waals surface area (Å²) in [6, 6.07) is 1.77. The molecule has 1 rings (SSSR count). The molecule has 0 spiro atoms. The summed E-state index contributed by atoms with van der Waals surface area (Å²) >= 11 is 0. The zero-order valence-electron chi connectivity index (χ0n) is 9.74. The van der Waals surface area contributed by atoms with Gasteiger partial charge in [-0.05, 0) is 25.5 Å². The fraction of sp³-hybridized carbons (Fsp3) is 0.455. The van der Waals surface area contributed by atoms with Crippen LogP contribution in [0.4, 0.5) is 0 Å². The molecule has 0 aromatic carbocycles. The Bertz CT molecular complexity index is 364. The molecule has 16 heavy (non-hydrogen) atoms. The third kappa shape index (κ3) is 2.70. The Morgan fingerprint density at radius 1 is 1.56 bits per heavy atom. The Balaban J connectivity index is 3.29. The second-order valence-electron chi connectivity index (χ2n) is 3.33. The van der Waals surface area contributed by atoms with Crippen molar-refractivity contribution in [3.63, 3.8) is 0 Å². The minimum Gasteiger partial charge on any atom is -0.477 e. The summed E-state index contributed by atoms with van der Waals surface area (Å²) in [6.07, 6.45) is 0. The van der Waals surface area contributed by atoms with E-state index in [-0.39, 0.29) is 5.88 Å². The van der Waals surface area contributed by atoms with Crippen LogP contribution in [0.2, 0.25) is 0 Å². The monoisotopic (exact) mass is 224 g/mol. The van der Waals surface area contributed by atoms with Crippen LogP contribution in [-0.2, 0) is 11.3 Å². The summed E-state index contributed by atoms with van der Waals surface area (Å²) in [4.78, 5) is 15.5. The van der Waals surface area contributed by atoms with Gasteiger partial charge in [0.15, 0.2) is 0 Å². The molecule has 0 saturated carbocycles. The third-order valence-corrected chi connectivity index (χ3v) is 2.02. The van der Waals surface area contributed by atoms with E-state index in [0.29, 0.717) is 24.3 Å². The smallest absolute Gasteiger partial charge is 0.254 e. The van der Waals surface area contributed by atoms with Gasteiger partial charge >= 0.3 is 0 Å². The van der Waals surface area contributed by atoms with Crippen molar-refractivity contribution in [2.75, 3.05) is 13.7 Å². The van der Waals surface area contributed by atoms with Crippen LogP contribution < -0.4 is 10.5 Å². The number of methoxy groups -OCH3 is 1. The van der Waals surface area contributed by atoms with Gasteiger partial charge in [-0.15, -0.1) is 0 Å². The molecule has 0 aliphatic heterocycles. The Morgan fingerprint density at radius 3 is 2.75 bits per heavy atom. The third-order valence-electron chi connectivity index (χ3n) is 2.02. The van der Waals surface area contributed by atoms with E-state index in [1.165, 1.54) is 0 Å². The molecule has 0 radical (unpaired) electrons. The number of amides is 1. The lowest BCUT2D eigenvalue weighted by molar-refractivity contribution is 0.0990. The molecule has 5 nitrogen and oxygen atoms in total. The van der Waals surface area contributed by atoms with E-state index >= 15 is 0 Å². The van der Waals surface area contributed by atoms with Crippen molar-refractivity contribution in [3.8, 4) is 5.88 Å². The van der Waals surface area contributed by atoms with E-state index in [4.69, 9.17) is 15.2 Å². The topological polar surface area (TPSA) is 74.4 Å². The highest BCUT2D eigenvalue weighted by Gasteiger charge is 2.17. The number of hydrogen-bond donors (Lipinski definition) is 1. The van der Waals surface area contributed by atoms with Crippen molar-refractivity contribution in [2.24, 2.45) is 5.73 Å². The lowest BCUT2D eigenvalue weighted by Gasteiger charge is -2.12. The predicted octanol–water partition coefficient (Wildman–Crippen LogP) is 1.03. The maximum atomic E-state index is 11.4. The Labute approximate surface area is 94.6 Å². The molecule has 0 fully saturated rings. The van der Waals surface area contributed by atoms with Crippen molar-refractivity contribution in [1.29, 1.82) is 0 Å². The zero-order chi connectivity index (χ0) is 12.1. The van der Waals surface area contributed by atoms with E-state index in [2.05, 4.69) is 4.98 Å². The standard InChI is InChI=1S/C11H16N2O3/c1-4-16-11-9(10(12)14)8(6-15-3)5-7(2)13-11/h5H,4,6H2,1-3H3,(H2,12,14). The number of carbonyl (C=O) groups excluding carboxylic acids is 1. The van der Waals surface area contributed by atoms with E-state index < -0.39 is 5.91 Å². The van der Waals surface area contributed by atoms with Crippen LogP contribution in [0.5, 0.6) is 5.88 Å². The molecular formula is C11H16N2O3. The number of hydrogen-bond acceptors (Lipinski definition) is 4. The number of nitrogens with two attached hydrogens (primary N) is 1. The van der Waals surface area contributed by atoms with E-state index in [0.717, 1.165) is 5.69 Å². The highest BCUT2D eigenvalue weighted by Crippen LogP contribution is 2.21. The van der Waals surface area contributed by atoms with E-state index in [1.54, 1.807) is 13.2 Å². The van der Waals surface area contributed by atoms with E-state index in [1.807, 2.05) is 13.8 Å². The molecule has 2 N–H and O–H groups in total. The number of pyridine rings is 1. The molecular weight excluding hydrogens is 208 g/mol. The second-order valence-corrected chi connectivity index (χ2v) is 3.33. The normalized spacial score (nSPS) is 10.2. The average Bonchev–Trinajstić information content (AvgIpc) is 2.17. The molecule has 1 aromatic heterocycles. The highest BCUT2D eigenvalue weighted by atomic mass is 16.5. The van der Waals surface area contributed by atoms with Gasteiger partial charge < -0.3 is 15.2 Å². The molecule has 0 aliphatic rings. The number of primary amides is 1. The van der Waals surface area contributed by atoms with Crippen molar-refractivity contribution in [3.05, 3.63) is 22.9 Å². The van der Waals surface area contributed by atoms with Gasteiger partial charge in [0.25, 0.3) is 5.91 Å². The summed E-state index contributed by atoms with van der Waals surface area (Å²) in [6.45, 7) is 4.39. The molecule has 0 atom stereocenters. The van der Waals surface area contributed by atoms with Crippen LogP contribution in [-0.4, -0.2) is 24.6 Å². The Hall–Kier alpha value is -1.62. The summed E-state index contributed by atoms with van der Waals surface area (Å²) in [5.74, 6) is -0.273. The first-order valence-corrected chi connectivity index (χ1v) is 5.02. The number of aromatic nitrogens is 1. The van der Waals surface area contributed by atoms with Gasteiger partial charge in [-0.2, -0.15) is 0 Å². The van der Waals surface area contributed by atoms with Crippen molar-refractivity contribution < 1.29 is 14.3 Å². The Morgan fingerprint density at radius 2 is 2.25 bits per heavy atom. The first-order chi connectivity index (χ1) is 7.60. The fourth-order valence-electron chi connectivity index (χ4n) is 1.48. The van der Waals surface area contributed by atoms with Gasteiger partial charge in [0.1, 0.15) is 5.56 Å². The SMILES string of the molecule is CCOc1nc(C)cc(COC)c1C(N)=O. The molecule has 1 aromatic rings. The minimum absolute atomic E-state index is 0.280. The molecule has 0 unspecified atom stereocenters. The zero-order valence-corrected chi connectivity index (χ0v) is 9.74. The number of aryl methyl sites for hydroxylation is 1. The largest absolute Gasteiger partial charge is 0.477 e. The summed E-state index contributed by atoms with van der Waals surface area (Å²) in [7, 11) is 1.56. The average molecular weight is 224 g/mol. The van der Waals surface area contributed by atoms with Crippen LogP contribution in [0.1, 0.15) is 28.5 Å². The number of carbonyl (C=O) groups is 1. The molecule has 1 heterocycles. The number of rotatable bonds is 5. The van der Waals surface area contributed by atoms with Gasteiger partial charge in [0, 0.05) is 12.8 Å². The molecule has 0 aliphatic carbocycles. The first kappa shape index (κ1) is 12.4. The van der Waals surface area contributed by atoms with Gasteiger partial charge in [-0.1, -0.05) is 0 Å². The maximum Gasteiger partial charge on any atom is 0.254 e. The fourth-order valence-corrected chi connectivity index (χ4v) is 1.48. The van der Waals surface area contributed by atoms with Crippen molar-refractivity contribution in [1.82, 2.24) is 4.98 Å². The van der Waals surface area contributed by atoms with Gasteiger partial charge in [-0.25, -0.2) is 4.98 Å². The second kappa shape index (κ2) is 5.46. The number of nitrogens with zero attached hydrogens (tertiary/aromatic N) is 1. The molecule has 88 valence electrons. The molecule has 0 saturated heterocycles. The minimum atomic E-state index is -0.553. The summed E-state index contributed by atoms with van der Waals surface area (Å²) < 4.78 is 10.3. The highest BCUT2D eigenvalue weighted by molar-refractivity contribution is 5.96. The van der Waals surface area contributed by atoms with Crippen molar-refractivity contribution in [2.45, 2.75) is 20.5 Å². The van der Waals surface area contributed by atoms with Crippen LogP contribution in [0.15, 0.2) is 6.07 Å². The quantitative estimate of drug-likeness (QED) is 0.810. The first-order valence-electron chi connectivity index (χ1n) is 5.02. The van der Waals surface area contributed by atoms with E-state index in [9.17, 15) is 4.79 Å². The number of ether oxygens (including phenoxy) is 2. The van der Waals surface area contributed by atoms with Gasteiger partial charge in [0.2, 0.25) is 5.88 Å². The lowest BCUT2D eigenvalue weighted by atomic mass is 10.1. The van der Waals surface area contributed by atoms with Crippen LogP contribution in [0.3, 0.4) is 0 Å². The van der Waals surface area contributed by atoms with Crippen LogP contribution in [0.25, 0.3) is 0 Å². The van der Waals surface area contributed by atoms with Crippen LogP contribution >= 0.6 is 0 Å². The van der Waals surface area contributed by atoms with Gasteiger partial charge in [0.05, 0.1) is 13.2 Å². The van der Waals surface area contributed by atoms with Crippen LogP contribution in [0, 0.1) is 6.92 Å². The molecule has 5 heteroatoms. The van der Waals surface area contributed by atoms with Crippen molar-refractivity contribution >= 4 is 5.91 Å². The lowest BCUT2D eigenvalue weighted by Crippen LogP contribution is -2.17. The Kier molecular flexibility index (Phi) is 4.25. The summed E-state index contributed by atoms with van der Waals surface area (Å²) in [5.41, 5.74) is 7.08. The predicted molar refractivity (Wildman–Crippen MR) is 59.4 cm³/mol. The van der Waals surface area contributed by atoms with Gasteiger partial charge in [-0.3, -0.25) is 4.79 Å². The molecule has 0 bridgehead atoms. The molecule has 1 amide bonds.